The van der Waals surface area contributed by atoms with E-state index in [9.17, 15) is 9.90 Å². The van der Waals surface area contributed by atoms with Crippen LogP contribution in [0.5, 0.6) is 0 Å². The molecule has 0 aliphatic heterocycles. The van der Waals surface area contributed by atoms with Gasteiger partial charge in [-0.2, -0.15) is 0 Å². The molecule has 3 unspecified atom stereocenters. The summed E-state index contributed by atoms with van der Waals surface area (Å²) in [7, 11) is 0. The highest BCUT2D eigenvalue weighted by Crippen LogP contribution is 2.44. The number of carbonyl (C=O) groups is 1. The van der Waals surface area contributed by atoms with Gasteiger partial charge in [0.1, 0.15) is 6.29 Å². The zero-order valence-electron chi connectivity index (χ0n) is 17.8. The van der Waals surface area contributed by atoms with E-state index >= 15 is 0 Å². The van der Waals surface area contributed by atoms with E-state index in [0.29, 0.717) is 17.4 Å². The molecule has 0 aromatic rings. The molecule has 0 spiro atoms. The minimum Gasteiger partial charge on any atom is -0.393 e. The minimum absolute atomic E-state index is 0.0768. The number of aliphatic hydroxyl groups excluding tert-OH is 1. The Kier molecular flexibility index (Phi) is 9.45. The molecule has 0 heterocycles. The van der Waals surface area contributed by atoms with Crippen molar-refractivity contribution < 1.29 is 9.90 Å². The van der Waals surface area contributed by atoms with Crippen LogP contribution in [0.25, 0.3) is 0 Å². The topological polar surface area (TPSA) is 37.3 Å². The Morgan fingerprint density at radius 1 is 0.889 bits per heavy atom. The van der Waals surface area contributed by atoms with E-state index in [4.69, 9.17) is 0 Å². The molecule has 0 aromatic carbocycles. The Labute approximate surface area is 165 Å². The van der Waals surface area contributed by atoms with Crippen molar-refractivity contribution in [3.05, 3.63) is 71.4 Å². The average Bonchev–Trinajstić information content (AvgIpc) is 2.61. The molecule has 2 heteroatoms. The molecule has 148 valence electrons. The van der Waals surface area contributed by atoms with Crippen LogP contribution in [0, 0.1) is 17.3 Å². The predicted octanol–water partition coefficient (Wildman–Crippen LogP) is 6.13. The van der Waals surface area contributed by atoms with Crippen molar-refractivity contribution in [3.8, 4) is 0 Å². The van der Waals surface area contributed by atoms with Crippen LogP contribution < -0.4 is 0 Å². The number of carbonyl (C=O) groups excluding carboxylic acids is 1. The first kappa shape index (κ1) is 23.1. The van der Waals surface area contributed by atoms with Crippen LogP contribution in [0.15, 0.2) is 71.4 Å². The van der Waals surface area contributed by atoms with Gasteiger partial charge in [-0.25, -0.2) is 0 Å². The lowest BCUT2D eigenvalue weighted by atomic mass is 9.62. The van der Waals surface area contributed by atoms with Crippen LogP contribution in [0.1, 0.15) is 54.4 Å². The minimum atomic E-state index is -0.224. The maximum Gasteiger partial charge on any atom is 0.145 e. The van der Waals surface area contributed by atoms with Crippen molar-refractivity contribution >= 4 is 6.29 Å². The summed E-state index contributed by atoms with van der Waals surface area (Å²) in [6, 6.07) is 0. The zero-order chi connectivity index (χ0) is 20.4. The summed E-state index contributed by atoms with van der Waals surface area (Å²) in [5.41, 5.74) is 2.97. The fraction of sp³-hybridized carbons (Fsp3) is 0.480. The number of rotatable bonds is 7. The highest BCUT2D eigenvalue weighted by molar-refractivity contribution is 5.72. The van der Waals surface area contributed by atoms with Gasteiger partial charge in [-0.1, -0.05) is 86.6 Å². The molecular formula is C25H36O2. The number of aldehydes is 1. The van der Waals surface area contributed by atoms with E-state index in [-0.39, 0.29) is 11.5 Å². The van der Waals surface area contributed by atoms with E-state index in [1.807, 2.05) is 25.2 Å². The van der Waals surface area contributed by atoms with E-state index in [1.165, 1.54) is 5.57 Å². The molecule has 1 aliphatic carbocycles. The van der Waals surface area contributed by atoms with E-state index < -0.39 is 0 Å². The third-order valence-electron chi connectivity index (χ3n) is 5.53. The maximum absolute atomic E-state index is 10.5. The summed E-state index contributed by atoms with van der Waals surface area (Å²) >= 11 is 0. The van der Waals surface area contributed by atoms with Crippen LogP contribution in [0.2, 0.25) is 0 Å². The van der Waals surface area contributed by atoms with Crippen molar-refractivity contribution in [2.75, 3.05) is 0 Å². The van der Waals surface area contributed by atoms with Gasteiger partial charge in [0.15, 0.2) is 0 Å². The second kappa shape index (κ2) is 11.0. The summed E-state index contributed by atoms with van der Waals surface area (Å²) in [6.07, 6.45) is 20.9. The summed E-state index contributed by atoms with van der Waals surface area (Å²) in [6.45, 7) is 12.6. The van der Waals surface area contributed by atoms with Crippen LogP contribution >= 0.6 is 0 Å². The lowest BCUT2D eigenvalue weighted by molar-refractivity contribution is -0.104. The van der Waals surface area contributed by atoms with Crippen molar-refractivity contribution in [2.45, 2.75) is 60.5 Å². The first-order chi connectivity index (χ1) is 12.7. The molecule has 1 N–H and O–H groups in total. The summed E-state index contributed by atoms with van der Waals surface area (Å²) < 4.78 is 0. The Morgan fingerprint density at radius 2 is 1.44 bits per heavy atom. The quantitative estimate of drug-likeness (QED) is 0.333. The standard InChI is InChI=1S/C25H36O2/c1-19(10-7-8-11-21(3)18-26)12-9-13-20(2)14-16-23-22(4)15-17-24(27)25(23,5)6/h7-14,16,18,22-24,27H,15,17H2,1-6H3/b8-7+,12-9+,16-14+,19-10+,20-13+,21-11+. The van der Waals surface area contributed by atoms with Gasteiger partial charge >= 0.3 is 0 Å². The van der Waals surface area contributed by atoms with Crippen molar-refractivity contribution in [3.63, 3.8) is 0 Å². The molecule has 1 rings (SSSR count). The Balaban J connectivity index is 2.69. The molecule has 0 bridgehead atoms. The summed E-state index contributed by atoms with van der Waals surface area (Å²) in [5, 5.41) is 10.3. The monoisotopic (exact) mass is 368 g/mol. The van der Waals surface area contributed by atoms with Crippen LogP contribution in [-0.4, -0.2) is 17.5 Å². The van der Waals surface area contributed by atoms with Gasteiger partial charge in [-0.15, -0.1) is 0 Å². The van der Waals surface area contributed by atoms with Gasteiger partial charge in [-0.3, -0.25) is 4.79 Å². The molecule has 0 aromatic heterocycles. The highest BCUT2D eigenvalue weighted by atomic mass is 16.3. The van der Waals surface area contributed by atoms with Gasteiger partial charge in [0, 0.05) is 0 Å². The number of aliphatic hydroxyl groups is 1. The van der Waals surface area contributed by atoms with Gasteiger partial charge in [0.05, 0.1) is 6.10 Å². The average molecular weight is 369 g/mol. The number of allylic oxidation sites excluding steroid dienone is 12. The van der Waals surface area contributed by atoms with Gasteiger partial charge < -0.3 is 5.11 Å². The third kappa shape index (κ3) is 7.68. The van der Waals surface area contributed by atoms with Crippen molar-refractivity contribution in [2.24, 2.45) is 17.3 Å². The molecule has 0 saturated heterocycles. The molecule has 0 amide bonds. The van der Waals surface area contributed by atoms with E-state index in [0.717, 1.165) is 24.7 Å². The predicted molar refractivity (Wildman–Crippen MR) is 116 cm³/mol. The number of hydrogen-bond acceptors (Lipinski definition) is 2. The highest BCUT2D eigenvalue weighted by Gasteiger charge is 2.41. The maximum atomic E-state index is 10.5. The first-order valence-electron chi connectivity index (χ1n) is 9.86. The lowest BCUT2D eigenvalue weighted by Crippen LogP contribution is -2.43. The number of hydrogen-bond donors (Lipinski definition) is 1. The Morgan fingerprint density at radius 3 is 2.07 bits per heavy atom. The molecule has 1 saturated carbocycles. The molecule has 1 aliphatic rings. The molecular weight excluding hydrogens is 332 g/mol. The molecule has 27 heavy (non-hydrogen) atoms. The Hall–Kier alpha value is -1.93. The van der Waals surface area contributed by atoms with Crippen LogP contribution in [-0.2, 0) is 4.79 Å². The molecule has 1 fully saturated rings. The van der Waals surface area contributed by atoms with Crippen molar-refractivity contribution in [1.29, 1.82) is 0 Å². The third-order valence-corrected chi connectivity index (χ3v) is 5.53. The van der Waals surface area contributed by atoms with E-state index in [2.05, 4.69) is 58.1 Å². The lowest BCUT2D eigenvalue weighted by Gasteiger charge is -2.45. The SMILES string of the molecule is C\C(C=O)=C/C=C/C=C(C)/C=C/C=C(C)/C=C/C1C(C)CCC(O)C1(C)C. The molecule has 0 radical (unpaired) electrons. The molecule has 3 atom stereocenters. The second-order valence-electron chi connectivity index (χ2n) is 8.37. The first-order valence-corrected chi connectivity index (χ1v) is 9.86. The fourth-order valence-corrected chi connectivity index (χ4v) is 3.54. The van der Waals surface area contributed by atoms with Crippen molar-refractivity contribution in [1.82, 2.24) is 0 Å². The summed E-state index contributed by atoms with van der Waals surface area (Å²) in [5.74, 6) is 0.986. The zero-order valence-corrected chi connectivity index (χ0v) is 17.8. The normalized spacial score (nSPS) is 27.8. The second-order valence-corrected chi connectivity index (χ2v) is 8.37. The van der Waals surface area contributed by atoms with Gasteiger partial charge in [-0.05, 0) is 56.4 Å². The van der Waals surface area contributed by atoms with Gasteiger partial charge in [0.25, 0.3) is 0 Å². The smallest absolute Gasteiger partial charge is 0.145 e. The van der Waals surface area contributed by atoms with E-state index in [1.54, 1.807) is 13.0 Å². The fourth-order valence-electron chi connectivity index (χ4n) is 3.54. The van der Waals surface area contributed by atoms with Crippen LogP contribution in [0.3, 0.4) is 0 Å². The molecule has 2 nitrogen and oxygen atoms in total. The Bertz CT molecular complexity index is 668. The summed E-state index contributed by atoms with van der Waals surface area (Å²) in [4.78, 5) is 10.5. The largest absolute Gasteiger partial charge is 0.393 e. The van der Waals surface area contributed by atoms with Crippen LogP contribution in [0.4, 0.5) is 0 Å². The van der Waals surface area contributed by atoms with Gasteiger partial charge in [0.2, 0.25) is 0 Å².